The summed E-state index contributed by atoms with van der Waals surface area (Å²) >= 11 is 0. The Labute approximate surface area is 219 Å². The van der Waals surface area contributed by atoms with Crippen LogP contribution in [0.1, 0.15) is 6.42 Å². The summed E-state index contributed by atoms with van der Waals surface area (Å²) in [5, 5.41) is 18.4. The zero-order valence-electron chi connectivity index (χ0n) is 23.7. The Bertz CT molecular complexity index is 567. The van der Waals surface area contributed by atoms with Gasteiger partial charge in [0.25, 0.3) is 0 Å². The van der Waals surface area contributed by atoms with Crippen molar-refractivity contribution in [2.24, 2.45) is 0 Å². The van der Waals surface area contributed by atoms with Crippen LogP contribution in [0.2, 0.25) is 90.1 Å². The Morgan fingerprint density at radius 1 is 0.853 bits per heavy atom. The maximum absolute atomic E-state index is 9.47. The van der Waals surface area contributed by atoms with E-state index < -0.39 is 58.2 Å². The van der Waals surface area contributed by atoms with Gasteiger partial charge in [-0.1, -0.05) is 6.55 Å². The van der Waals surface area contributed by atoms with Crippen molar-refractivity contribution in [2.45, 2.75) is 103 Å². The first-order chi connectivity index (χ1) is 15.4. The molecule has 0 saturated carbocycles. The highest BCUT2D eigenvalue weighted by Gasteiger charge is 2.47. The van der Waals surface area contributed by atoms with Gasteiger partial charge >= 0.3 is 25.7 Å². The van der Waals surface area contributed by atoms with Crippen LogP contribution < -0.4 is 0 Å². The van der Waals surface area contributed by atoms with Gasteiger partial charge in [0.05, 0.1) is 13.2 Å². The highest BCUT2D eigenvalue weighted by atomic mass is 28.5. The summed E-state index contributed by atoms with van der Waals surface area (Å²) in [5.74, 6) is 0. The summed E-state index contributed by atoms with van der Waals surface area (Å²) in [6.45, 7) is 24.5. The number of aliphatic hydroxyl groups is 2. The lowest BCUT2D eigenvalue weighted by molar-refractivity contribution is 0.00624. The quantitative estimate of drug-likeness (QED) is 0.161. The molecule has 0 aromatic carbocycles. The molecule has 3 atom stereocenters. The second-order valence-corrected chi connectivity index (χ2v) is 33.3. The SMILES string of the molecule is C[SiH]O[Si](C)(C)O[Si](C)(CC[Si](C)(C)O[Si](C)(C)C)O[Si](C)(CCCOCC(O)CO)O[SiH2]C. The van der Waals surface area contributed by atoms with Crippen LogP contribution in [0.15, 0.2) is 0 Å². The van der Waals surface area contributed by atoms with Gasteiger partial charge in [-0.3, -0.25) is 0 Å². The van der Waals surface area contributed by atoms with Crippen molar-refractivity contribution >= 4 is 61.8 Å². The van der Waals surface area contributed by atoms with Gasteiger partial charge in [-0.2, -0.15) is 0 Å². The molecule has 0 aromatic heterocycles. The zero-order chi connectivity index (χ0) is 26.7. The lowest BCUT2D eigenvalue weighted by Gasteiger charge is -2.42. The fourth-order valence-electron chi connectivity index (χ4n) is 4.04. The van der Waals surface area contributed by atoms with Crippen LogP contribution >= 0.6 is 0 Å². The number of hydrogen-bond acceptors (Lipinski definition) is 8. The van der Waals surface area contributed by atoms with E-state index in [-0.39, 0.29) is 23.0 Å². The van der Waals surface area contributed by atoms with E-state index in [1.807, 2.05) is 0 Å². The Morgan fingerprint density at radius 3 is 1.97 bits per heavy atom. The second kappa shape index (κ2) is 15.6. The average molecular weight is 606 g/mol. The second-order valence-electron chi connectivity index (χ2n) is 11.1. The lowest BCUT2D eigenvalue weighted by atomic mass is 10.4. The van der Waals surface area contributed by atoms with Gasteiger partial charge in [-0.15, -0.1) is 0 Å². The van der Waals surface area contributed by atoms with Gasteiger partial charge in [0.1, 0.15) is 15.9 Å². The monoisotopic (exact) mass is 605 g/mol. The molecule has 0 fully saturated rings. The third kappa shape index (κ3) is 16.8. The van der Waals surface area contributed by atoms with E-state index in [2.05, 4.69) is 72.0 Å². The first-order valence-electron chi connectivity index (χ1n) is 12.5. The first-order valence-corrected chi connectivity index (χ1v) is 30.5. The molecule has 0 amide bonds. The molecule has 0 saturated heterocycles. The van der Waals surface area contributed by atoms with Crippen molar-refractivity contribution < 1.29 is 35.5 Å². The van der Waals surface area contributed by atoms with Crippen LogP contribution in [0.3, 0.4) is 0 Å². The maximum Gasteiger partial charge on any atom is 0.317 e. The summed E-state index contributed by atoms with van der Waals surface area (Å²) in [4.78, 5) is 0. The van der Waals surface area contributed by atoms with Crippen molar-refractivity contribution in [2.75, 3.05) is 19.8 Å². The molecule has 0 aliphatic carbocycles. The molecule has 15 heteroatoms. The average Bonchev–Trinajstić information content (AvgIpc) is 2.63. The topological polar surface area (TPSA) is 95.8 Å². The van der Waals surface area contributed by atoms with Crippen LogP contribution in [-0.2, 0) is 25.3 Å². The minimum Gasteiger partial charge on any atom is -0.456 e. The van der Waals surface area contributed by atoms with E-state index in [0.29, 0.717) is 6.61 Å². The molecule has 0 aliphatic rings. The highest BCUT2D eigenvalue weighted by Crippen LogP contribution is 2.32. The minimum absolute atomic E-state index is 0.0941. The van der Waals surface area contributed by atoms with Crippen LogP contribution in [-0.4, -0.2) is 98.0 Å². The van der Waals surface area contributed by atoms with Gasteiger partial charge in [-0.05, 0) is 90.0 Å². The van der Waals surface area contributed by atoms with E-state index in [4.69, 9.17) is 30.4 Å². The predicted octanol–water partition coefficient (Wildman–Crippen LogP) is 3.25. The molecule has 2 N–H and O–H groups in total. The van der Waals surface area contributed by atoms with E-state index in [1.54, 1.807) is 0 Å². The first kappa shape index (κ1) is 35.2. The smallest absolute Gasteiger partial charge is 0.317 e. The predicted molar refractivity (Wildman–Crippen MR) is 157 cm³/mol. The van der Waals surface area contributed by atoms with Crippen molar-refractivity contribution in [3.63, 3.8) is 0 Å². The Morgan fingerprint density at radius 2 is 1.47 bits per heavy atom. The fraction of sp³-hybridized carbons (Fsp3) is 1.00. The molecule has 8 nitrogen and oxygen atoms in total. The van der Waals surface area contributed by atoms with E-state index in [9.17, 15) is 5.11 Å². The summed E-state index contributed by atoms with van der Waals surface area (Å²) < 4.78 is 38.4. The lowest BCUT2D eigenvalue weighted by Crippen LogP contribution is -2.58. The number of aliphatic hydroxyl groups excluding tert-OH is 2. The Balaban J connectivity index is 5.48. The fourth-order valence-corrected chi connectivity index (χ4v) is 32.4. The molecule has 205 valence electrons. The molecule has 0 heterocycles. The van der Waals surface area contributed by atoms with Crippen LogP contribution in [0.4, 0.5) is 0 Å². The van der Waals surface area contributed by atoms with E-state index in [1.165, 1.54) is 0 Å². The molecule has 0 spiro atoms. The summed E-state index contributed by atoms with van der Waals surface area (Å²) in [6.07, 6.45) is -0.0446. The van der Waals surface area contributed by atoms with Crippen molar-refractivity contribution in [1.82, 2.24) is 0 Å². The number of hydrogen-bond donors (Lipinski definition) is 2. The standard InChI is InChI=1S/C19H53O8Si7/c1-28-23-32(8,9)26-34(11,16-15-31(6,7)25-30(3,4)5)27-33(10,24-29-2)14-12-13-22-18-19(21)17-20/h19-21,28H,12-18,29H2,1-11H3. The van der Waals surface area contributed by atoms with Gasteiger partial charge in [0, 0.05) is 6.61 Å². The van der Waals surface area contributed by atoms with Crippen molar-refractivity contribution in [3.8, 4) is 0 Å². The third-order valence-electron chi connectivity index (χ3n) is 4.95. The van der Waals surface area contributed by atoms with Crippen LogP contribution in [0, 0.1) is 0 Å². The van der Waals surface area contributed by atoms with Crippen LogP contribution in [0.5, 0.6) is 0 Å². The van der Waals surface area contributed by atoms with Crippen LogP contribution in [0.25, 0.3) is 0 Å². The zero-order valence-corrected chi connectivity index (χ0v) is 31.2. The molecule has 0 bridgehead atoms. The van der Waals surface area contributed by atoms with Gasteiger partial charge in [0.15, 0.2) is 26.4 Å². The van der Waals surface area contributed by atoms with Crippen molar-refractivity contribution in [1.29, 1.82) is 0 Å². The molecule has 34 heavy (non-hydrogen) atoms. The summed E-state index contributed by atoms with van der Waals surface area (Å²) in [6, 6.07) is 2.69. The minimum atomic E-state index is -2.61. The van der Waals surface area contributed by atoms with E-state index >= 15 is 0 Å². The van der Waals surface area contributed by atoms with Gasteiger partial charge in [0.2, 0.25) is 0 Å². The maximum atomic E-state index is 9.47. The normalized spacial score (nSPS) is 18.3. The molecular formula is C19H53O8Si7. The Kier molecular flexibility index (Phi) is 16.1. The number of rotatable bonds is 20. The third-order valence-corrected chi connectivity index (χ3v) is 27.9. The Hall–Kier alpha value is 1.20. The summed E-state index contributed by atoms with van der Waals surface area (Å²) in [5.41, 5.74) is 0. The van der Waals surface area contributed by atoms with Crippen molar-refractivity contribution in [3.05, 3.63) is 0 Å². The molecule has 0 aliphatic heterocycles. The summed E-state index contributed by atoms with van der Waals surface area (Å²) in [7, 11) is -11.6. The van der Waals surface area contributed by atoms with E-state index in [0.717, 1.165) is 24.6 Å². The highest BCUT2D eigenvalue weighted by molar-refractivity contribution is 6.89. The molecular weight excluding hydrogens is 553 g/mol. The number of ether oxygens (including phenoxy) is 1. The molecule has 3 unspecified atom stereocenters. The van der Waals surface area contributed by atoms with Gasteiger partial charge < -0.3 is 35.5 Å². The molecule has 0 aromatic rings. The van der Waals surface area contributed by atoms with Gasteiger partial charge in [-0.25, -0.2) is 0 Å². The molecule has 0 rings (SSSR count). The largest absolute Gasteiger partial charge is 0.456 e. The molecule has 1 radical (unpaired) electrons.